The molecule has 0 radical (unpaired) electrons. The number of carbonyl (C=O) groups excluding carboxylic acids is 2. The largest absolute Gasteiger partial charge is 0.497 e. The fourth-order valence-corrected chi connectivity index (χ4v) is 3.21. The van der Waals surface area contributed by atoms with E-state index in [9.17, 15) is 9.59 Å². The lowest BCUT2D eigenvalue weighted by atomic mass is 10.2. The van der Waals surface area contributed by atoms with Crippen molar-refractivity contribution in [3.05, 3.63) is 24.0 Å². The Hall–Kier alpha value is -2.61. The number of rotatable bonds is 7. The summed E-state index contributed by atoms with van der Waals surface area (Å²) >= 11 is 0. The standard InChI is InChI=1S/C19H26N4O4/c1-3-27-19(25)7-6-18(24)23-10-8-22(9-11-23)13-17-20-15-5-4-14(26-2)12-16(15)21-17/h4-5,12H,3,6-11,13H2,1-2H3,(H,20,21). The van der Waals surface area contributed by atoms with E-state index in [1.807, 2.05) is 23.1 Å². The van der Waals surface area contributed by atoms with Gasteiger partial charge >= 0.3 is 5.97 Å². The maximum Gasteiger partial charge on any atom is 0.306 e. The van der Waals surface area contributed by atoms with Crippen molar-refractivity contribution in [2.75, 3.05) is 39.9 Å². The highest BCUT2D eigenvalue weighted by Gasteiger charge is 2.22. The van der Waals surface area contributed by atoms with Crippen LogP contribution in [0, 0.1) is 0 Å². The summed E-state index contributed by atoms with van der Waals surface area (Å²) in [5, 5.41) is 0. The topological polar surface area (TPSA) is 87.8 Å². The highest BCUT2D eigenvalue weighted by molar-refractivity contribution is 5.81. The van der Waals surface area contributed by atoms with Gasteiger partial charge in [0, 0.05) is 38.7 Å². The van der Waals surface area contributed by atoms with E-state index in [2.05, 4.69) is 14.9 Å². The summed E-state index contributed by atoms with van der Waals surface area (Å²) in [4.78, 5) is 35.6. The number of aromatic nitrogens is 2. The highest BCUT2D eigenvalue weighted by Crippen LogP contribution is 2.19. The van der Waals surface area contributed by atoms with E-state index in [0.29, 0.717) is 26.2 Å². The third-order valence-corrected chi connectivity index (χ3v) is 4.68. The summed E-state index contributed by atoms with van der Waals surface area (Å²) in [5.41, 5.74) is 1.87. The van der Waals surface area contributed by atoms with Gasteiger partial charge < -0.3 is 19.4 Å². The minimum atomic E-state index is -0.314. The number of esters is 1. The Balaban J connectivity index is 1.48. The van der Waals surface area contributed by atoms with Crippen LogP contribution >= 0.6 is 0 Å². The molecule has 0 unspecified atom stereocenters. The van der Waals surface area contributed by atoms with Crippen LogP contribution in [0.5, 0.6) is 5.75 Å². The molecule has 1 aromatic carbocycles. The third-order valence-electron chi connectivity index (χ3n) is 4.68. The number of nitrogens with one attached hydrogen (secondary N) is 1. The number of carbonyl (C=O) groups is 2. The molecule has 0 aliphatic carbocycles. The lowest BCUT2D eigenvalue weighted by Crippen LogP contribution is -2.48. The van der Waals surface area contributed by atoms with E-state index < -0.39 is 0 Å². The summed E-state index contributed by atoms with van der Waals surface area (Å²) in [6.07, 6.45) is 0.361. The van der Waals surface area contributed by atoms with Gasteiger partial charge in [-0.2, -0.15) is 0 Å². The molecule has 8 heteroatoms. The first-order valence-corrected chi connectivity index (χ1v) is 9.27. The van der Waals surface area contributed by atoms with Crippen molar-refractivity contribution in [2.45, 2.75) is 26.3 Å². The summed E-state index contributed by atoms with van der Waals surface area (Å²) in [6.45, 7) is 5.71. The number of hydrogen-bond donors (Lipinski definition) is 1. The normalized spacial score (nSPS) is 15.1. The number of fused-ring (bicyclic) bond motifs is 1. The fourth-order valence-electron chi connectivity index (χ4n) is 3.21. The Morgan fingerprint density at radius 1 is 1.19 bits per heavy atom. The Kier molecular flexibility index (Phi) is 6.28. The molecule has 2 heterocycles. The number of ether oxygens (including phenoxy) is 2. The van der Waals surface area contributed by atoms with Crippen molar-refractivity contribution in [3.63, 3.8) is 0 Å². The molecule has 1 fully saturated rings. The van der Waals surface area contributed by atoms with Gasteiger partial charge in [0.05, 0.1) is 37.7 Å². The van der Waals surface area contributed by atoms with Crippen LogP contribution in [0.1, 0.15) is 25.6 Å². The zero-order valence-corrected chi connectivity index (χ0v) is 15.9. The maximum absolute atomic E-state index is 12.2. The molecule has 0 spiro atoms. The molecule has 0 atom stereocenters. The average molecular weight is 374 g/mol. The van der Waals surface area contributed by atoms with Gasteiger partial charge in [-0.05, 0) is 19.1 Å². The van der Waals surface area contributed by atoms with Gasteiger partial charge in [0.15, 0.2) is 0 Å². The molecule has 27 heavy (non-hydrogen) atoms. The van der Waals surface area contributed by atoms with Gasteiger partial charge in [-0.15, -0.1) is 0 Å². The van der Waals surface area contributed by atoms with Gasteiger partial charge in [-0.1, -0.05) is 0 Å². The molecule has 1 aliphatic heterocycles. The molecule has 146 valence electrons. The molecule has 3 rings (SSSR count). The van der Waals surface area contributed by atoms with Crippen molar-refractivity contribution in [1.82, 2.24) is 19.8 Å². The summed E-state index contributed by atoms with van der Waals surface area (Å²) in [5.74, 6) is 1.40. The molecule has 0 saturated carbocycles. The van der Waals surface area contributed by atoms with Gasteiger partial charge in [0.1, 0.15) is 11.6 Å². The van der Waals surface area contributed by atoms with Crippen LogP contribution in [0.25, 0.3) is 11.0 Å². The van der Waals surface area contributed by atoms with Crippen molar-refractivity contribution in [2.24, 2.45) is 0 Å². The Morgan fingerprint density at radius 3 is 2.67 bits per heavy atom. The fraction of sp³-hybridized carbons (Fsp3) is 0.526. The van der Waals surface area contributed by atoms with Crippen LogP contribution in [-0.4, -0.2) is 71.5 Å². The molecule has 1 N–H and O–H groups in total. The molecular formula is C19H26N4O4. The number of benzene rings is 1. The predicted molar refractivity (Wildman–Crippen MR) is 100 cm³/mol. The predicted octanol–water partition coefficient (Wildman–Crippen LogP) is 1.56. The SMILES string of the molecule is CCOC(=O)CCC(=O)N1CCN(Cc2nc3ccc(OC)cc3[nH]2)CC1. The number of aromatic amines is 1. The Morgan fingerprint density at radius 2 is 1.96 bits per heavy atom. The number of methoxy groups -OCH3 is 1. The van der Waals surface area contributed by atoms with E-state index in [1.54, 1.807) is 14.0 Å². The van der Waals surface area contributed by atoms with Gasteiger partial charge in [0.2, 0.25) is 5.91 Å². The van der Waals surface area contributed by atoms with E-state index in [-0.39, 0.29) is 24.7 Å². The monoisotopic (exact) mass is 374 g/mol. The molecule has 1 aromatic heterocycles. The van der Waals surface area contributed by atoms with Crippen LogP contribution in [0.4, 0.5) is 0 Å². The number of hydrogen-bond acceptors (Lipinski definition) is 6. The first kappa shape index (κ1) is 19.2. The third kappa shape index (κ3) is 4.97. The number of piperazine rings is 1. The van der Waals surface area contributed by atoms with Gasteiger partial charge in [-0.3, -0.25) is 14.5 Å². The van der Waals surface area contributed by atoms with Crippen molar-refractivity contribution >= 4 is 22.9 Å². The lowest BCUT2D eigenvalue weighted by Gasteiger charge is -2.34. The van der Waals surface area contributed by atoms with E-state index in [1.165, 1.54) is 0 Å². The number of nitrogens with zero attached hydrogens (tertiary/aromatic N) is 3. The van der Waals surface area contributed by atoms with Crippen LogP contribution in [0.3, 0.4) is 0 Å². The number of imidazole rings is 1. The summed E-state index contributed by atoms with van der Waals surface area (Å²) in [6, 6.07) is 5.77. The average Bonchev–Trinajstić information content (AvgIpc) is 3.08. The molecular weight excluding hydrogens is 348 g/mol. The van der Waals surface area contributed by atoms with Crippen LogP contribution < -0.4 is 4.74 Å². The summed E-state index contributed by atoms with van der Waals surface area (Å²) < 4.78 is 10.1. The minimum absolute atomic E-state index is 0.0125. The highest BCUT2D eigenvalue weighted by atomic mass is 16.5. The van der Waals surface area contributed by atoms with Crippen LogP contribution in [0.2, 0.25) is 0 Å². The Bertz CT molecular complexity index is 796. The quantitative estimate of drug-likeness (QED) is 0.740. The van der Waals surface area contributed by atoms with Crippen LogP contribution in [0.15, 0.2) is 18.2 Å². The lowest BCUT2D eigenvalue weighted by molar-refractivity contribution is -0.146. The molecule has 1 aliphatic rings. The number of H-pyrrole nitrogens is 1. The minimum Gasteiger partial charge on any atom is -0.497 e. The second kappa shape index (κ2) is 8.85. The van der Waals surface area contributed by atoms with Gasteiger partial charge in [0.25, 0.3) is 0 Å². The molecule has 0 bridgehead atoms. The Labute approximate surface area is 158 Å². The molecule has 1 saturated heterocycles. The van der Waals surface area contributed by atoms with Gasteiger partial charge in [-0.25, -0.2) is 4.98 Å². The van der Waals surface area contributed by atoms with E-state index >= 15 is 0 Å². The molecule has 8 nitrogen and oxygen atoms in total. The smallest absolute Gasteiger partial charge is 0.306 e. The maximum atomic E-state index is 12.2. The molecule has 2 aromatic rings. The molecule has 1 amide bonds. The second-order valence-corrected chi connectivity index (χ2v) is 6.53. The van der Waals surface area contributed by atoms with E-state index in [4.69, 9.17) is 9.47 Å². The second-order valence-electron chi connectivity index (χ2n) is 6.53. The van der Waals surface area contributed by atoms with E-state index in [0.717, 1.165) is 35.7 Å². The van der Waals surface area contributed by atoms with Crippen molar-refractivity contribution in [3.8, 4) is 5.75 Å². The first-order chi connectivity index (χ1) is 13.1. The summed E-state index contributed by atoms with van der Waals surface area (Å²) in [7, 11) is 1.64. The van der Waals surface area contributed by atoms with Crippen LogP contribution in [-0.2, 0) is 20.9 Å². The zero-order chi connectivity index (χ0) is 19.2. The zero-order valence-electron chi connectivity index (χ0n) is 15.9. The van der Waals surface area contributed by atoms with Crippen molar-refractivity contribution < 1.29 is 19.1 Å². The van der Waals surface area contributed by atoms with Crippen molar-refractivity contribution in [1.29, 1.82) is 0 Å². The number of amides is 1. The first-order valence-electron chi connectivity index (χ1n) is 9.27.